The third kappa shape index (κ3) is 1.58. The summed E-state index contributed by atoms with van der Waals surface area (Å²) in [4.78, 5) is 0. The molecule has 0 amide bonds. The number of hydrogen-bond donors (Lipinski definition) is 0. The van der Waals surface area contributed by atoms with Gasteiger partial charge in [0.05, 0.1) is 0 Å². The third-order valence-electron chi connectivity index (χ3n) is 4.46. The molecule has 5 aromatic carbocycles. The predicted molar refractivity (Wildman–Crippen MR) is 94.1 cm³/mol. The zero-order valence-corrected chi connectivity index (χ0v) is 11.9. The summed E-state index contributed by atoms with van der Waals surface area (Å²) in [6.07, 6.45) is 0. The highest BCUT2D eigenvalue weighted by atomic mass is 14.1. The van der Waals surface area contributed by atoms with Gasteiger partial charge in [0.2, 0.25) is 0 Å². The summed E-state index contributed by atoms with van der Waals surface area (Å²) in [5, 5.41) is 10.1. The first-order valence-corrected chi connectivity index (χ1v) is 7.46. The summed E-state index contributed by atoms with van der Waals surface area (Å²) in [5.74, 6) is 0. The van der Waals surface area contributed by atoms with E-state index in [0.717, 1.165) is 5.39 Å². The predicted octanol–water partition coefficient (Wildman–Crippen LogP) is 5.90. The Morgan fingerprint density at radius 2 is 1.32 bits per heavy atom. The van der Waals surface area contributed by atoms with Crippen LogP contribution in [0, 0.1) is 12.1 Å². The van der Waals surface area contributed by atoms with Crippen molar-refractivity contribution in [1.82, 2.24) is 0 Å². The van der Waals surface area contributed by atoms with E-state index < -0.39 is 0 Å². The molecule has 0 nitrogen and oxygen atoms in total. The Labute approximate surface area is 128 Å². The average Bonchev–Trinajstić information content (AvgIpc) is 2.59. The molecule has 100 valence electrons. The van der Waals surface area contributed by atoms with E-state index in [1.165, 1.54) is 37.7 Å². The van der Waals surface area contributed by atoms with Crippen LogP contribution in [-0.4, -0.2) is 0 Å². The van der Waals surface area contributed by atoms with Gasteiger partial charge in [-0.25, -0.2) is 0 Å². The second-order valence-corrected chi connectivity index (χ2v) is 5.71. The zero-order chi connectivity index (χ0) is 14.5. The van der Waals surface area contributed by atoms with Crippen molar-refractivity contribution >= 4 is 43.1 Å². The number of benzene rings is 5. The van der Waals surface area contributed by atoms with E-state index >= 15 is 0 Å². The van der Waals surface area contributed by atoms with E-state index in [0.29, 0.717) is 0 Å². The SMILES string of the molecule is [c]1[c]c2ccc3c4cc5ccccc5cc4ccc3c2cc1. The fraction of sp³-hybridized carbons (Fsp3) is 0. The summed E-state index contributed by atoms with van der Waals surface area (Å²) in [7, 11) is 0. The molecule has 5 aromatic rings. The molecule has 0 unspecified atom stereocenters. The monoisotopic (exact) mass is 276 g/mol. The first-order chi connectivity index (χ1) is 10.9. The summed E-state index contributed by atoms with van der Waals surface area (Å²) in [6, 6.07) is 32.2. The highest BCUT2D eigenvalue weighted by Gasteiger charge is 2.05. The van der Waals surface area contributed by atoms with Crippen LogP contribution in [0.1, 0.15) is 0 Å². The lowest BCUT2D eigenvalue weighted by atomic mass is 9.95. The molecule has 0 aliphatic heterocycles. The summed E-state index contributed by atoms with van der Waals surface area (Å²) >= 11 is 0. The maximum atomic E-state index is 3.20. The van der Waals surface area contributed by atoms with E-state index in [4.69, 9.17) is 0 Å². The van der Waals surface area contributed by atoms with Crippen LogP contribution >= 0.6 is 0 Å². The molecule has 0 aromatic heterocycles. The van der Waals surface area contributed by atoms with Gasteiger partial charge in [0.1, 0.15) is 0 Å². The van der Waals surface area contributed by atoms with Gasteiger partial charge in [-0.3, -0.25) is 0 Å². The van der Waals surface area contributed by atoms with Gasteiger partial charge in [0.25, 0.3) is 0 Å². The van der Waals surface area contributed by atoms with E-state index in [1.807, 2.05) is 6.07 Å². The van der Waals surface area contributed by atoms with Crippen molar-refractivity contribution in [2.24, 2.45) is 0 Å². The number of rotatable bonds is 0. The Hall–Kier alpha value is -2.86. The first-order valence-electron chi connectivity index (χ1n) is 7.46. The van der Waals surface area contributed by atoms with Gasteiger partial charge in [0, 0.05) is 0 Å². The van der Waals surface area contributed by atoms with E-state index in [-0.39, 0.29) is 0 Å². The average molecular weight is 276 g/mol. The molecule has 0 heterocycles. The van der Waals surface area contributed by atoms with Gasteiger partial charge in [-0.2, -0.15) is 0 Å². The molecular weight excluding hydrogens is 264 g/mol. The minimum absolute atomic E-state index is 1.12. The fourth-order valence-corrected chi connectivity index (χ4v) is 3.39. The van der Waals surface area contributed by atoms with Crippen LogP contribution in [0.25, 0.3) is 43.1 Å². The smallest absolute Gasteiger partial charge is 0.00139 e. The van der Waals surface area contributed by atoms with Crippen molar-refractivity contribution in [3.05, 3.63) is 84.9 Å². The zero-order valence-electron chi connectivity index (χ0n) is 11.9. The van der Waals surface area contributed by atoms with Gasteiger partial charge in [-0.05, 0) is 67.4 Å². The quantitative estimate of drug-likeness (QED) is 0.244. The van der Waals surface area contributed by atoms with Gasteiger partial charge in [0.15, 0.2) is 0 Å². The molecule has 5 rings (SSSR count). The standard InChI is InChI=1S/C22H12/c1-2-7-17-14-22-18(13-16(17)6-1)10-12-20-19-8-4-3-5-15(19)9-11-21(20)22/h1-2,4,6-14H. The lowest BCUT2D eigenvalue weighted by Crippen LogP contribution is -1.82. The van der Waals surface area contributed by atoms with Crippen LogP contribution in [0.5, 0.6) is 0 Å². The lowest BCUT2D eigenvalue weighted by Gasteiger charge is -2.08. The van der Waals surface area contributed by atoms with Crippen LogP contribution < -0.4 is 0 Å². The van der Waals surface area contributed by atoms with E-state index in [2.05, 4.69) is 78.9 Å². The molecule has 22 heavy (non-hydrogen) atoms. The summed E-state index contributed by atoms with van der Waals surface area (Å²) in [5.41, 5.74) is 0. The summed E-state index contributed by atoms with van der Waals surface area (Å²) in [6.45, 7) is 0. The minimum Gasteiger partial charge on any atom is -0.0616 e. The van der Waals surface area contributed by atoms with Crippen molar-refractivity contribution in [3.63, 3.8) is 0 Å². The normalized spacial score (nSPS) is 11.6. The van der Waals surface area contributed by atoms with Gasteiger partial charge >= 0.3 is 0 Å². The maximum absolute atomic E-state index is 3.20. The van der Waals surface area contributed by atoms with E-state index in [1.54, 1.807) is 0 Å². The molecule has 0 aliphatic rings. The molecular formula is C22H12. The van der Waals surface area contributed by atoms with Gasteiger partial charge in [-0.1, -0.05) is 60.7 Å². The highest BCUT2D eigenvalue weighted by molar-refractivity contribution is 6.19. The molecule has 0 bridgehead atoms. The van der Waals surface area contributed by atoms with Crippen molar-refractivity contribution < 1.29 is 0 Å². The Morgan fingerprint density at radius 1 is 0.545 bits per heavy atom. The highest BCUT2D eigenvalue weighted by Crippen LogP contribution is 2.33. The van der Waals surface area contributed by atoms with Crippen LogP contribution in [0.3, 0.4) is 0 Å². The maximum Gasteiger partial charge on any atom is -0.00139 e. The Kier molecular flexibility index (Phi) is 2.31. The number of hydrogen-bond acceptors (Lipinski definition) is 0. The molecule has 0 saturated carbocycles. The van der Waals surface area contributed by atoms with Gasteiger partial charge in [-0.15, -0.1) is 0 Å². The third-order valence-corrected chi connectivity index (χ3v) is 4.46. The van der Waals surface area contributed by atoms with Crippen LogP contribution in [0.4, 0.5) is 0 Å². The molecule has 0 aliphatic carbocycles. The minimum atomic E-state index is 1.12. The molecule has 0 fully saturated rings. The molecule has 2 radical (unpaired) electrons. The Bertz CT molecular complexity index is 1160. The Morgan fingerprint density at radius 3 is 2.23 bits per heavy atom. The lowest BCUT2D eigenvalue weighted by molar-refractivity contribution is 1.76. The second kappa shape index (κ2) is 4.32. The molecule has 0 saturated heterocycles. The van der Waals surface area contributed by atoms with Crippen LogP contribution in [-0.2, 0) is 0 Å². The van der Waals surface area contributed by atoms with Crippen LogP contribution in [0.2, 0.25) is 0 Å². The van der Waals surface area contributed by atoms with Gasteiger partial charge < -0.3 is 0 Å². The van der Waals surface area contributed by atoms with Crippen molar-refractivity contribution in [3.8, 4) is 0 Å². The van der Waals surface area contributed by atoms with Crippen molar-refractivity contribution in [2.45, 2.75) is 0 Å². The molecule has 0 spiro atoms. The largest absolute Gasteiger partial charge is 0.0616 e. The first kappa shape index (κ1) is 11.8. The molecule has 0 heteroatoms. The number of fused-ring (bicyclic) bond motifs is 6. The van der Waals surface area contributed by atoms with Crippen molar-refractivity contribution in [1.29, 1.82) is 0 Å². The fourth-order valence-electron chi connectivity index (χ4n) is 3.39. The summed E-state index contributed by atoms with van der Waals surface area (Å²) < 4.78 is 0. The second-order valence-electron chi connectivity index (χ2n) is 5.71. The van der Waals surface area contributed by atoms with Crippen molar-refractivity contribution in [2.75, 3.05) is 0 Å². The topological polar surface area (TPSA) is 0 Å². The molecule has 0 atom stereocenters. The molecule has 0 N–H and O–H groups in total. The van der Waals surface area contributed by atoms with E-state index in [9.17, 15) is 0 Å². The Balaban J connectivity index is 2.02. The van der Waals surface area contributed by atoms with Crippen LogP contribution in [0.15, 0.2) is 72.8 Å².